The van der Waals surface area contributed by atoms with Crippen LogP contribution in [0.2, 0.25) is 0 Å². The van der Waals surface area contributed by atoms with Gasteiger partial charge in [0.25, 0.3) is 0 Å². The first-order valence-corrected chi connectivity index (χ1v) is 6.97. The average Bonchev–Trinajstić information content (AvgIpc) is 2.99. The number of hydrogen-bond donors (Lipinski definition) is 2. The van der Waals surface area contributed by atoms with E-state index >= 15 is 0 Å². The van der Waals surface area contributed by atoms with Crippen LogP contribution in [0.15, 0.2) is 30.5 Å². The van der Waals surface area contributed by atoms with Gasteiger partial charge in [-0.05, 0) is 31.2 Å². The van der Waals surface area contributed by atoms with Gasteiger partial charge < -0.3 is 15.4 Å². The summed E-state index contributed by atoms with van der Waals surface area (Å²) in [5.41, 5.74) is 9.29. The summed E-state index contributed by atoms with van der Waals surface area (Å²) in [4.78, 5) is 4.50. The van der Waals surface area contributed by atoms with Crippen molar-refractivity contribution < 1.29 is 5.11 Å². The number of aromatic nitrogens is 4. The number of anilines is 1. The van der Waals surface area contributed by atoms with E-state index in [0.29, 0.717) is 11.5 Å². The summed E-state index contributed by atoms with van der Waals surface area (Å²) in [6.45, 7) is 2.44. The summed E-state index contributed by atoms with van der Waals surface area (Å²) < 4.78 is 3.83. The second kappa shape index (κ2) is 5.21. The van der Waals surface area contributed by atoms with Crippen LogP contribution in [0.1, 0.15) is 24.5 Å². The summed E-state index contributed by atoms with van der Waals surface area (Å²) in [6, 6.07) is 7.63. The fourth-order valence-corrected chi connectivity index (χ4v) is 2.54. The zero-order valence-corrected chi connectivity index (χ0v) is 12.2. The van der Waals surface area contributed by atoms with Crippen molar-refractivity contribution in [2.45, 2.75) is 26.0 Å². The number of hydrogen-bond acceptors (Lipinski definition) is 4. The lowest BCUT2D eigenvalue weighted by atomic mass is 10.2. The highest BCUT2D eigenvalue weighted by atomic mass is 16.3. The molecule has 2 aromatic heterocycles. The van der Waals surface area contributed by atoms with Gasteiger partial charge in [-0.15, -0.1) is 0 Å². The van der Waals surface area contributed by atoms with Gasteiger partial charge in [0.1, 0.15) is 11.9 Å². The molecule has 0 saturated heterocycles. The van der Waals surface area contributed by atoms with Crippen LogP contribution in [0.4, 0.5) is 5.69 Å². The van der Waals surface area contributed by atoms with E-state index in [1.165, 1.54) is 0 Å². The second-order valence-corrected chi connectivity index (χ2v) is 5.28. The Morgan fingerprint density at radius 3 is 2.81 bits per heavy atom. The summed E-state index contributed by atoms with van der Waals surface area (Å²) in [5.74, 6) is 0.659. The van der Waals surface area contributed by atoms with Crippen LogP contribution in [0.5, 0.6) is 0 Å². The first-order chi connectivity index (χ1) is 10.0. The number of nitrogen functional groups attached to an aromatic ring is 1. The van der Waals surface area contributed by atoms with Crippen molar-refractivity contribution in [1.29, 1.82) is 0 Å². The maximum absolute atomic E-state index is 9.94. The van der Waals surface area contributed by atoms with E-state index in [0.717, 1.165) is 29.7 Å². The van der Waals surface area contributed by atoms with Crippen molar-refractivity contribution in [2.24, 2.45) is 7.05 Å². The predicted octanol–water partition coefficient (Wildman–Crippen LogP) is 1.65. The maximum Gasteiger partial charge on any atom is 0.138 e. The number of benzene rings is 1. The van der Waals surface area contributed by atoms with E-state index in [9.17, 15) is 5.11 Å². The number of aliphatic hydroxyl groups is 1. The largest absolute Gasteiger partial charge is 0.399 e. The molecule has 0 spiro atoms. The summed E-state index contributed by atoms with van der Waals surface area (Å²) >= 11 is 0. The van der Waals surface area contributed by atoms with E-state index in [1.807, 2.05) is 42.1 Å². The predicted molar refractivity (Wildman–Crippen MR) is 81.7 cm³/mol. The van der Waals surface area contributed by atoms with Crippen molar-refractivity contribution in [3.8, 4) is 0 Å². The molecule has 0 amide bonds. The van der Waals surface area contributed by atoms with Crippen LogP contribution in [0, 0.1) is 0 Å². The third kappa shape index (κ3) is 2.62. The third-order valence-electron chi connectivity index (χ3n) is 3.54. The van der Waals surface area contributed by atoms with Crippen LogP contribution in [0.3, 0.4) is 0 Å². The Kier molecular flexibility index (Phi) is 3.39. The van der Waals surface area contributed by atoms with Crippen LogP contribution >= 0.6 is 0 Å². The third-order valence-corrected chi connectivity index (χ3v) is 3.54. The first kappa shape index (κ1) is 13.6. The second-order valence-electron chi connectivity index (χ2n) is 5.28. The van der Waals surface area contributed by atoms with E-state index in [2.05, 4.69) is 10.1 Å². The quantitative estimate of drug-likeness (QED) is 0.714. The average molecular weight is 285 g/mol. The molecule has 1 atom stereocenters. The van der Waals surface area contributed by atoms with Crippen molar-refractivity contribution in [3.05, 3.63) is 42.0 Å². The number of fused-ring (bicyclic) bond motifs is 1. The van der Waals surface area contributed by atoms with E-state index in [4.69, 9.17) is 5.73 Å². The Morgan fingerprint density at radius 1 is 1.33 bits per heavy atom. The van der Waals surface area contributed by atoms with Crippen molar-refractivity contribution in [1.82, 2.24) is 19.3 Å². The van der Waals surface area contributed by atoms with Gasteiger partial charge in [0.2, 0.25) is 0 Å². The molecular formula is C15H19N5O. The van der Waals surface area contributed by atoms with Gasteiger partial charge in [-0.1, -0.05) is 0 Å². The Balaban J connectivity index is 1.97. The highest BCUT2D eigenvalue weighted by Gasteiger charge is 2.15. The normalized spacial score (nSPS) is 12.9. The molecule has 1 aromatic carbocycles. The number of aryl methyl sites for hydroxylation is 3. The Morgan fingerprint density at radius 2 is 2.14 bits per heavy atom. The van der Waals surface area contributed by atoms with Gasteiger partial charge >= 0.3 is 0 Å². The molecule has 6 heteroatoms. The molecule has 21 heavy (non-hydrogen) atoms. The SMILES string of the molecule is CC(O)c1nc2cc(N)ccc2n1CCc1ccn(C)n1. The molecular weight excluding hydrogens is 266 g/mol. The molecule has 1 unspecified atom stereocenters. The molecule has 0 saturated carbocycles. The molecule has 0 fully saturated rings. The molecule has 0 bridgehead atoms. The first-order valence-electron chi connectivity index (χ1n) is 6.97. The number of nitrogens with zero attached hydrogens (tertiary/aromatic N) is 4. The van der Waals surface area contributed by atoms with Gasteiger partial charge in [0, 0.05) is 31.9 Å². The number of rotatable bonds is 4. The Hall–Kier alpha value is -2.34. The molecule has 3 aromatic rings. The minimum atomic E-state index is -0.623. The summed E-state index contributed by atoms with van der Waals surface area (Å²) in [5, 5.41) is 14.3. The fourth-order valence-electron chi connectivity index (χ4n) is 2.54. The van der Waals surface area contributed by atoms with Gasteiger partial charge in [-0.3, -0.25) is 4.68 Å². The Bertz CT molecular complexity index is 772. The minimum absolute atomic E-state index is 0.623. The van der Waals surface area contributed by atoms with Crippen LogP contribution in [0.25, 0.3) is 11.0 Å². The molecule has 110 valence electrons. The monoisotopic (exact) mass is 285 g/mol. The molecule has 0 aliphatic carbocycles. The van der Waals surface area contributed by atoms with Crippen molar-refractivity contribution in [2.75, 3.05) is 5.73 Å². The van der Waals surface area contributed by atoms with Crippen LogP contribution in [-0.4, -0.2) is 24.4 Å². The van der Waals surface area contributed by atoms with Crippen molar-refractivity contribution >= 4 is 16.7 Å². The van der Waals surface area contributed by atoms with Gasteiger partial charge in [0.15, 0.2) is 0 Å². The number of nitrogens with two attached hydrogens (primary N) is 1. The molecule has 0 aliphatic heterocycles. The summed E-state index contributed by atoms with van der Waals surface area (Å²) in [7, 11) is 1.90. The fraction of sp³-hybridized carbons (Fsp3) is 0.333. The van der Waals surface area contributed by atoms with E-state index < -0.39 is 6.10 Å². The lowest BCUT2D eigenvalue weighted by Gasteiger charge is -2.10. The van der Waals surface area contributed by atoms with E-state index in [1.54, 1.807) is 11.6 Å². The van der Waals surface area contributed by atoms with E-state index in [-0.39, 0.29) is 0 Å². The number of aliphatic hydroxyl groups excluding tert-OH is 1. The Labute approximate surface area is 122 Å². The highest BCUT2D eigenvalue weighted by Crippen LogP contribution is 2.23. The molecule has 3 N–H and O–H groups in total. The van der Waals surface area contributed by atoms with Crippen molar-refractivity contribution in [3.63, 3.8) is 0 Å². The molecule has 2 heterocycles. The number of imidazole rings is 1. The lowest BCUT2D eigenvalue weighted by molar-refractivity contribution is 0.184. The molecule has 3 rings (SSSR count). The van der Waals surface area contributed by atoms with Gasteiger partial charge in [-0.25, -0.2) is 4.98 Å². The minimum Gasteiger partial charge on any atom is -0.399 e. The van der Waals surface area contributed by atoms with Crippen LogP contribution in [-0.2, 0) is 20.0 Å². The van der Waals surface area contributed by atoms with Gasteiger partial charge in [-0.2, -0.15) is 5.10 Å². The standard InChI is InChI=1S/C15H19N5O/c1-10(21)15-17-13-9-11(16)3-4-14(13)20(15)8-6-12-5-7-19(2)18-12/h3-5,7,9-10,21H,6,8,16H2,1-2H3. The maximum atomic E-state index is 9.94. The molecule has 0 aliphatic rings. The van der Waals surface area contributed by atoms with Crippen LogP contribution < -0.4 is 5.73 Å². The summed E-state index contributed by atoms with van der Waals surface area (Å²) in [6.07, 6.45) is 2.09. The molecule has 0 radical (unpaired) electrons. The lowest BCUT2D eigenvalue weighted by Crippen LogP contribution is -2.09. The highest BCUT2D eigenvalue weighted by molar-refractivity contribution is 5.79. The molecule has 6 nitrogen and oxygen atoms in total. The zero-order valence-electron chi connectivity index (χ0n) is 12.2. The smallest absolute Gasteiger partial charge is 0.138 e. The zero-order chi connectivity index (χ0) is 15.0. The van der Waals surface area contributed by atoms with Gasteiger partial charge in [0.05, 0.1) is 16.7 Å². The topological polar surface area (TPSA) is 81.9 Å².